The van der Waals surface area contributed by atoms with Crippen LogP contribution in [0.4, 0.5) is 16.3 Å². The number of nitrogen functional groups attached to an aromatic ring is 1. The van der Waals surface area contributed by atoms with E-state index in [1.54, 1.807) is 24.3 Å². The van der Waals surface area contributed by atoms with E-state index in [1.807, 2.05) is 0 Å². The molecule has 10 N–H and O–H groups in total. The number of nitrogens with zero attached hydrogens (tertiary/aromatic N) is 5. The summed E-state index contributed by atoms with van der Waals surface area (Å²) >= 11 is 0. The van der Waals surface area contributed by atoms with E-state index in [4.69, 9.17) is 20.9 Å². The maximum atomic E-state index is 12.3. The highest BCUT2D eigenvalue weighted by Gasteiger charge is 2.44. The van der Waals surface area contributed by atoms with Crippen LogP contribution in [0.3, 0.4) is 0 Å². The number of guanidine groups is 1. The number of ether oxygens (including phenoxy) is 2. The predicted molar refractivity (Wildman–Crippen MR) is 173 cm³/mol. The van der Waals surface area contributed by atoms with Crippen molar-refractivity contribution in [1.29, 1.82) is 0 Å². The van der Waals surface area contributed by atoms with Gasteiger partial charge in [-0.15, -0.1) is 0 Å². The number of hydrogen-bond donors (Lipinski definition) is 8. The Labute approximate surface area is 269 Å². The summed E-state index contributed by atoms with van der Waals surface area (Å²) in [6.45, 7) is 1.09. The number of aromatic hydroxyl groups is 1. The van der Waals surface area contributed by atoms with Gasteiger partial charge in [0.1, 0.15) is 35.9 Å². The van der Waals surface area contributed by atoms with E-state index in [9.17, 15) is 24.9 Å². The number of nitrogens with two attached hydrogens (primary N) is 2. The van der Waals surface area contributed by atoms with Crippen LogP contribution in [0.15, 0.2) is 48.0 Å². The van der Waals surface area contributed by atoms with Gasteiger partial charge in [0.25, 0.3) is 0 Å². The smallest absolute Gasteiger partial charge is 0.338 e. The van der Waals surface area contributed by atoms with Gasteiger partial charge in [0.2, 0.25) is 0 Å². The number of phenols is 1. The van der Waals surface area contributed by atoms with E-state index < -0.39 is 30.5 Å². The quantitative estimate of drug-likeness (QED) is 0.0460. The predicted octanol–water partition coefficient (Wildman–Crippen LogP) is 0.960. The molecule has 0 aliphatic carbocycles. The van der Waals surface area contributed by atoms with Crippen molar-refractivity contribution in [2.45, 2.75) is 50.2 Å². The molecule has 0 spiro atoms. The van der Waals surface area contributed by atoms with Crippen molar-refractivity contribution in [3.05, 3.63) is 48.5 Å². The molecule has 250 valence electrons. The lowest BCUT2D eigenvalue weighted by molar-refractivity contribution is -0.0320. The van der Waals surface area contributed by atoms with Crippen molar-refractivity contribution >= 4 is 51.4 Å². The number of phenolic OH excluding ortho intramolecular Hbond substituents is 1. The van der Waals surface area contributed by atoms with Crippen LogP contribution in [-0.4, -0.2) is 97.9 Å². The van der Waals surface area contributed by atoms with Crippen molar-refractivity contribution < 1.29 is 34.4 Å². The number of amides is 2. The summed E-state index contributed by atoms with van der Waals surface area (Å²) < 4.78 is 12.1. The molecule has 1 saturated heterocycles. The summed E-state index contributed by atoms with van der Waals surface area (Å²) in [7, 11) is 1.26. The Bertz CT molecular complexity index is 1760. The summed E-state index contributed by atoms with van der Waals surface area (Å²) in [4.78, 5) is 40.7. The van der Waals surface area contributed by atoms with Gasteiger partial charge in [0.15, 0.2) is 23.7 Å². The number of carbonyl (C=O) groups is 2. The van der Waals surface area contributed by atoms with Gasteiger partial charge in [0.05, 0.1) is 25.5 Å². The maximum Gasteiger partial charge on any atom is 0.338 e. The molecular formula is C30H38N10O7. The van der Waals surface area contributed by atoms with Gasteiger partial charge >= 0.3 is 12.0 Å². The Morgan fingerprint density at radius 3 is 2.57 bits per heavy atom. The number of anilines is 2. The molecule has 4 atom stereocenters. The number of aliphatic hydroxyl groups excluding tert-OH is 2. The van der Waals surface area contributed by atoms with Crippen molar-refractivity contribution in [3.8, 4) is 5.75 Å². The number of fused-ring (bicyclic) bond motifs is 2. The molecule has 0 bridgehead atoms. The zero-order valence-electron chi connectivity index (χ0n) is 25.7. The number of esters is 1. The Morgan fingerprint density at radius 1 is 1.04 bits per heavy atom. The number of imidazole rings is 1. The number of hydrogen-bond acceptors (Lipinski definition) is 12. The van der Waals surface area contributed by atoms with Crippen LogP contribution in [0.1, 0.15) is 42.3 Å². The minimum Gasteiger partial charge on any atom is -0.507 e. The average molecular weight is 651 g/mol. The molecule has 3 heterocycles. The molecule has 0 radical (unpaired) electrons. The highest BCUT2D eigenvalue weighted by atomic mass is 16.6. The SMILES string of the molecule is COC(=O)c1cc(O)c2ccc(NC(=O)NCCCCCCNC(N)=NC[C@H]3O[C@@H](n4cnc5c(N)ncnc54)[C@H](O)[C@@H]3O)cc2c1. The van der Waals surface area contributed by atoms with Crippen LogP contribution in [-0.2, 0) is 9.47 Å². The molecule has 2 amide bonds. The van der Waals surface area contributed by atoms with Crippen LogP contribution in [0, 0.1) is 0 Å². The molecule has 17 heteroatoms. The molecule has 17 nitrogen and oxygen atoms in total. The summed E-state index contributed by atoms with van der Waals surface area (Å²) in [5, 5.41) is 41.1. The van der Waals surface area contributed by atoms with Gasteiger partial charge in [-0.3, -0.25) is 9.56 Å². The molecule has 1 aliphatic heterocycles. The number of unbranched alkanes of at least 4 members (excludes halogenated alkanes) is 3. The van der Waals surface area contributed by atoms with E-state index in [1.165, 1.54) is 30.4 Å². The fraction of sp³-hybridized carbons (Fsp3) is 0.400. The molecule has 0 saturated carbocycles. The lowest BCUT2D eigenvalue weighted by atomic mass is 10.0. The molecule has 1 fully saturated rings. The molecule has 47 heavy (non-hydrogen) atoms. The Hall–Kier alpha value is -5.26. The Morgan fingerprint density at radius 2 is 1.81 bits per heavy atom. The lowest BCUT2D eigenvalue weighted by Crippen LogP contribution is -2.36. The van der Waals surface area contributed by atoms with E-state index in [0.29, 0.717) is 40.7 Å². The Kier molecular flexibility index (Phi) is 10.5. The fourth-order valence-corrected chi connectivity index (χ4v) is 5.27. The summed E-state index contributed by atoms with van der Waals surface area (Å²) in [6.07, 6.45) is 1.90. The molecular weight excluding hydrogens is 612 g/mol. The third kappa shape index (κ3) is 7.76. The van der Waals surface area contributed by atoms with Gasteiger partial charge in [-0.1, -0.05) is 12.8 Å². The third-order valence-corrected chi connectivity index (χ3v) is 7.74. The minimum absolute atomic E-state index is 0.0290. The molecule has 2 aromatic carbocycles. The second-order valence-electron chi connectivity index (χ2n) is 11.0. The van der Waals surface area contributed by atoms with E-state index in [-0.39, 0.29) is 35.7 Å². The number of rotatable bonds is 12. The van der Waals surface area contributed by atoms with Crippen molar-refractivity contribution in [2.75, 3.05) is 37.8 Å². The highest BCUT2D eigenvalue weighted by Crippen LogP contribution is 2.32. The van der Waals surface area contributed by atoms with Gasteiger partial charge in [-0.05, 0) is 48.6 Å². The van der Waals surface area contributed by atoms with E-state index in [0.717, 1.165) is 25.7 Å². The molecule has 4 aromatic rings. The zero-order valence-corrected chi connectivity index (χ0v) is 25.7. The number of benzene rings is 2. The first-order chi connectivity index (χ1) is 22.7. The van der Waals surface area contributed by atoms with Crippen molar-refractivity contribution in [3.63, 3.8) is 0 Å². The monoisotopic (exact) mass is 650 g/mol. The summed E-state index contributed by atoms with van der Waals surface area (Å²) in [5.41, 5.74) is 13.3. The molecule has 1 aliphatic rings. The number of aromatic nitrogens is 4. The molecule has 0 unspecified atom stereocenters. The number of aliphatic hydroxyl groups is 2. The van der Waals surface area contributed by atoms with Crippen molar-refractivity contribution in [2.24, 2.45) is 10.7 Å². The summed E-state index contributed by atoms with van der Waals surface area (Å²) in [5.74, 6) is -0.236. The third-order valence-electron chi connectivity index (χ3n) is 7.74. The lowest BCUT2D eigenvalue weighted by Gasteiger charge is -2.16. The zero-order chi connectivity index (χ0) is 33.5. The number of nitrogens with one attached hydrogen (secondary N) is 3. The number of carbonyl (C=O) groups excluding carboxylic acids is 2. The van der Waals surface area contributed by atoms with Gasteiger partial charge < -0.3 is 52.2 Å². The van der Waals surface area contributed by atoms with Crippen LogP contribution in [0.5, 0.6) is 5.75 Å². The van der Waals surface area contributed by atoms with Gasteiger partial charge in [-0.2, -0.15) is 0 Å². The summed E-state index contributed by atoms with van der Waals surface area (Å²) in [6, 6.07) is 7.56. The normalized spacial score (nSPS) is 19.6. The minimum atomic E-state index is -1.24. The largest absolute Gasteiger partial charge is 0.507 e. The number of methoxy groups -OCH3 is 1. The fourth-order valence-electron chi connectivity index (χ4n) is 5.27. The Balaban J connectivity index is 0.971. The first kappa shape index (κ1) is 33.1. The molecule has 5 rings (SSSR count). The second-order valence-corrected chi connectivity index (χ2v) is 11.0. The second kappa shape index (κ2) is 14.9. The van der Waals surface area contributed by atoms with Crippen molar-refractivity contribution in [1.82, 2.24) is 30.2 Å². The standard InChI is InChI=1S/C30H38N10O7/c1-46-28(44)17-10-16-11-18(6-7-19(16)20(41)12-17)39-30(45)34-9-5-3-2-4-8-33-29(32)35-13-21-23(42)24(43)27(47-21)40-15-38-22-25(31)36-14-37-26(22)40/h6-7,10-12,14-15,21,23-24,27,41-43H,2-5,8-9,13H2,1H3,(H2,31,36,37)(H3,32,33,35)(H2,34,39,45)/t21-,23-,24-,27-/m1/s1. The number of urea groups is 1. The van der Waals surface area contributed by atoms with Crippen LogP contribution < -0.4 is 27.4 Å². The van der Waals surface area contributed by atoms with Gasteiger partial charge in [-0.25, -0.2) is 24.5 Å². The van der Waals surface area contributed by atoms with Crippen LogP contribution in [0.25, 0.3) is 21.9 Å². The first-order valence-electron chi connectivity index (χ1n) is 15.0. The first-order valence-corrected chi connectivity index (χ1v) is 15.0. The topological polar surface area (TPSA) is 257 Å². The van der Waals surface area contributed by atoms with Crippen LogP contribution in [0.2, 0.25) is 0 Å². The molecule has 2 aromatic heterocycles. The van der Waals surface area contributed by atoms with Crippen LogP contribution >= 0.6 is 0 Å². The number of aliphatic imine (C=N–C) groups is 1. The average Bonchev–Trinajstić information content (AvgIpc) is 3.61. The van der Waals surface area contributed by atoms with E-state index in [2.05, 4.69) is 35.9 Å². The van der Waals surface area contributed by atoms with E-state index >= 15 is 0 Å². The van der Waals surface area contributed by atoms with Gasteiger partial charge in [0, 0.05) is 24.2 Å². The highest BCUT2D eigenvalue weighted by molar-refractivity contribution is 6.00. The maximum absolute atomic E-state index is 12.3.